The predicted molar refractivity (Wildman–Crippen MR) is 142 cm³/mol. The summed E-state index contributed by atoms with van der Waals surface area (Å²) < 4.78 is 20.7. The Morgan fingerprint density at radius 1 is 1.23 bits per heavy atom. The molecule has 2 aromatic rings. The van der Waals surface area contributed by atoms with E-state index in [2.05, 4.69) is 15.2 Å². The van der Waals surface area contributed by atoms with Crippen molar-refractivity contribution in [2.24, 2.45) is 16.3 Å². The molecule has 1 saturated heterocycles. The van der Waals surface area contributed by atoms with Gasteiger partial charge in [-0.2, -0.15) is 5.10 Å². The van der Waals surface area contributed by atoms with E-state index in [1.165, 1.54) is 12.3 Å². The maximum absolute atomic E-state index is 15.2. The van der Waals surface area contributed by atoms with E-state index in [4.69, 9.17) is 16.3 Å². The minimum absolute atomic E-state index is 0.00190. The van der Waals surface area contributed by atoms with Crippen molar-refractivity contribution in [3.8, 4) is 0 Å². The van der Waals surface area contributed by atoms with Crippen LogP contribution in [0.4, 0.5) is 4.39 Å². The minimum Gasteiger partial charge on any atom is -0.457 e. The van der Waals surface area contributed by atoms with Crippen molar-refractivity contribution in [2.75, 3.05) is 19.7 Å². The number of rotatable bonds is 4. The van der Waals surface area contributed by atoms with E-state index in [-0.39, 0.29) is 46.6 Å². The van der Waals surface area contributed by atoms with Crippen LogP contribution < -0.4 is 0 Å². The molecule has 40 heavy (non-hydrogen) atoms. The van der Waals surface area contributed by atoms with Gasteiger partial charge in [-0.05, 0) is 53.8 Å². The average molecular weight is 561 g/mol. The number of aromatic amines is 1. The second-order valence-electron chi connectivity index (χ2n) is 10.8. The fourth-order valence-corrected chi connectivity index (χ4v) is 6.76. The zero-order chi connectivity index (χ0) is 27.8. The number of carbonyl (C=O) groups is 4. The van der Waals surface area contributed by atoms with Crippen LogP contribution in [0.15, 0.2) is 74.7 Å². The zero-order valence-corrected chi connectivity index (χ0v) is 21.8. The number of ketones is 2. The summed E-state index contributed by atoms with van der Waals surface area (Å²) in [5.41, 5.74) is 2.11. The third-order valence-corrected chi connectivity index (χ3v) is 8.75. The van der Waals surface area contributed by atoms with E-state index in [1.807, 2.05) is 0 Å². The van der Waals surface area contributed by atoms with E-state index in [9.17, 15) is 19.2 Å². The molecule has 4 heterocycles. The number of nitrogens with zero attached hydrogens (tertiary/aromatic N) is 3. The molecular formula is C29H22ClFN4O5. The summed E-state index contributed by atoms with van der Waals surface area (Å²) in [4.78, 5) is 58.3. The number of benzene rings is 1. The van der Waals surface area contributed by atoms with Crippen molar-refractivity contribution in [1.82, 2.24) is 15.1 Å². The Labute approximate surface area is 232 Å². The van der Waals surface area contributed by atoms with Gasteiger partial charge in [0.2, 0.25) is 5.91 Å². The van der Waals surface area contributed by atoms with Gasteiger partial charge >= 0.3 is 5.97 Å². The van der Waals surface area contributed by atoms with Gasteiger partial charge in [-0.25, -0.2) is 4.39 Å². The molecule has 0 bridgehead atoms. The van der Waals surface area contributed by atoms with E-state index in [0.29, 0.717) is 23.1 Å². The van der Waals surface area contributed by atoms with Crippen molar-refractivity contribution < 1.29 is 28.3 Å². The number of aliphatic imine (C=N–C) groups is 1. The van der Waals surface area contributed by atoms with Gasteiger partial charge in [0.25, 0.3) is 0 Å². The number of H-pyrrole nitrogens is 1. The third kappa shape index (κ3) is 3.81. The van der Waals surface area contributed by atoms with Crippen molar-refractivity contribution in [3.63, 3.8) is 0 Å². The van der Waals surface area contributed by atoms with Crippen LogP contribution in [0.2, 0.25) is 0 Å². The first kappa shape index (κ1) is 24.8. The molecule has 2 unspecified atom stereocenters. The number of aromatic nitrogens is 2. The number of halogens is 2. The number of nitrogens with one attached hydrogen (secondary N) is 1. The molecule has 1 aromatic heterocycles. The molecule has 1 N–H and O–H groups in total. The molecule has 1 amide bonds. The third-order valence-electron chi connectivity index (χ3n) is 8.46. The highest BCUT2D eigenvalue weighted by Crippen LogP contribution is 2.62. The van der Waals surface area contributed by atoms with Crippen LogP contribution in [0, 0.1) is 11.3 Å². The SMILES string of the molecule is O=C1C=C(F)/C2=C(\Cl)C=NCC3=C(C2=C1)C(C(=O)OCC(=O)c1ccc2[nH]ncc2c1)CN1C(=O)CC2(CC2)C31. The second-order valence-corrected chi connectivity index (χ2v) is 11.2. The number of Topliss-reactive ketones (excluding diaryl/α,β-unsaturated/α-hetero) is 1. The topological polar surface area (TPSA) is 122 Å². The van der Waals surface area contributed by atoms with Crippen LogP contribution in [0.5, 0.6) is 0 Å². The lowest BCUT2D eigenvalue weighted by Crippen LogP contribution is -2.49. The molecule has 9 nitrogen and oxygen atoms in total. The Bertz CT molecular complexity index is 1710. The van der Waals surface area contributed by atoms with Gasteiger partial charge in [-0.3, -0.25) is 29.3 Å². The van der Waals surface area contributed by atoms with Gasteiger partial charge in [0.1, 0.15) is 11.7 Å². The van der Waals surface area contributed by atoms with Gasteiger partial charge < -0.3 is 9.64 Å². The lowest BCUT2D eigenvalue weighted by Gasteiger charge is -2.41. The van der Waals surface area contributed by atoms with Crippen LogP contribution in [0.25, 0.3) is 10.9 Å². The van der Waals surface area contributed by atoms with Gasteiger partial charge in [0.15, 0.2) is 18.2 Å². The number of hydrogen-bond donors (Lipinski definition) is 1. The minimum atomic E-state index is -1.06. The summed E-state index contributed by atoms with van der Waals surface area (Å²) in [6.07, 6.45) is 7.09. The molecule has 7 rings (SSSR count). The van der Waals surface area contributed by atoms with Crippen LogP contribution in [-0.2, 0) is 19.1 Å². The van der Waals surface area contributed by atoms with Crippen LogP contribution in [-0.4, -0.2) is 70.5 Å². The quantitative estimate of drug-likeness (QED) is 0.451. The first-order valence-electron chi connectivity index (χ1n) is 12.9. The van der Waals surface area contributed by atoms with E-state index in [0.717, 1.165) is 29.8 Å². The number of hydrogen-bond acceptors (Lipinski definition) is 7. The molecule has 5 aliphatic rings. The van der Waals surface area contributed by atoms with Crippen molar-refractivity contribution in [3.05, 3.63) is 75.3 Å². The molecule has 3 aliphatic heterocycles. The van der Waals surface area contributed by atoms with E-state index < -0.39 is 35.9 Å². The molecule has 202 valence electrons. The Morgan fingerprint density at radius 3 is 2.85 bits per heavy atom. The fraction of sp³-hybridized carbons (Fsp3) is 0.310. The Hall–Kier alpha value is -4.18. The molecule has 0 radical (unpaired) electrons. The van der Waals surface area contributed by atoms with E-state index in [1.54, 1.807) is 29.3 Å². The standard InChI is InChI=1S/C29H22ClFN4O5/c30-20-11-32-10-18-25(17-6-16(36)7-21(31)26(17)20)19(12-35-24(38)8-29(3-4-29)27(18)35)28(39)40-13-23(37)14-1-2-22-15(5-14)9-33-34-22/h1-2,5-7,9,11,19,27H,3-4,8,10,12-13H2,(H,33,34)/b26-20-,32-11?. The molecule has 2 atom stereocenters. The van der Waals surface area contributed by atoms with Gasteiger partial charge in [-0.1, -0.05) is 11.6 Å². The van der Waals surface area contributed by atoms with Gasteiger partial charge in [0.05, 0.1) is 29.3 Å². The number of amides is 1. The first-order chi connectivity index (χ1) is 19.3. The molecule has 1 saturated carbocycles. The number of carbonyl (C=O) groups excluding carboxylic acids is 4. The highest BCUT2D eigenvalue weighted by Gasteiger charge is 2.62. The fourth-order valence-electron chi connectivity index (χ4n) is 6.50. The van der Waals surface area contributed by atoms with Gasteiger partial charge in [-0.15, -0.1) is 0 Å². The zero-order valence-electron chi connectivity index (χ0n) is 21.1. The average Bonchev–Trinajstić information content (AvgIpc) is 3.42. The van der Waals surface area contributed by atoms with Crippen LogP contribution in [0.1, 0.15) is 29.6 Å². The smallest absolute Gasteiger partial charge is 0.315 e. The Morgan fingerprint density at radius 2 is 2.05 bits per heavy atom. The first-order valence-corrected chi connectivity index (χ1v) is 13.3. The van der Waals surface area contributed by atoms with Crippen LogP contribution in [0.3, 0.4) is 0 Å². The molecular weight excluding hydrogens is 539 g/mol. The van der Waals surface area contributed by atoms with Crippen LogP contribution >= 0.6 is 11.6 Å². The Balaban J connectivity index is 1.27. The normalized spacial score (nSPS) is 26.6. The second kappa shape index (κ2) is 8.92. The predicted octanol–water partition coefficient (Wildman–Crippen LogP) is 3.54. The molecule has 1 aromatic carbocycles. The summed E-state index contributed by atoms with van der Waals surface area (Å²) in [6.45, 7) is -0.417. The van der Waals surface area contributed by atoms with Crippen molar-refractivity contribution in [1.29, 1.82) is 0 Å². The summed E-state index contributed by atoms with van der Waals surface area (Å²) >= 11 is 6.42. The Kier molecular flexibility index (Phi) is 5.54. The number of ether oxygens (including phenoxy) is 1. The monoisotopic (exact) mass is 560 g/mol. The maximum atomic E-state index is 15.2. The van der Waals surface area contributed by atoms with Crippen molar-refractivity contribution >= 4 is 52.2 Å². The summed E-state index contributed by atoms with van der Waals surface area (Å²) in [6, 6.07) is 4.66. The number of esters is 1. The lowest BCUT2D eigenvalue weighted by atomic mass is 9.74. The summed E-state index contributed by atoms with van der Waals surface area (Å²) in [5, 5.41) is 7.50. The summed E-state index contributed by atoms with van der Waals surface area (Å²) in [5.74, 6) is -3.71. The molecule has 2 aliphatic carbocycles. The molecule has 2 fully saturated rings. The molecule has 11 heteroatoms. The maximum Gasteiger partial charge on any atom is 0.315 e. The number of fused-ring (bicyclic) bond motifs is 6. The lowest BCUT2D eigenvalue weighted by molar-refractivity contribution is -0.147. The number of allylic oxidation sites excluding steroid dienone is 6. The highest BCUT2D eigenvalue weighted by atomic mass is 35.5. The van der Waals surface area contributed by atoms with Gasteiger partial charge in [0, 0.05) is 47.2 Å². The van der Waals surface area contributed by atoms with E-state index >= 15 is 4.39 Å². The van der Waals surface area contributed by atoms with Crippen molar-refractivity contribution in [2.45, 2.75) is 25.3 Å². The summed E-state index contributed by atoms with van der Waals surface area (Å²) in [7, 11) is 0. The molecule has 1 spiro atoms. The largest absolute Gasteiger partial charge is 0.457 e. The highest BCUT2D eigenvalue weighted by molar-refractivity contribution is 6.40.